The molecule has 0 aliphatic carbocycles. The molecule has 618 valence electrons. The molecular weight excluding hydrogens is 1620 g/mol. The van der Waals surface area contributed by atoms with E-state index in [4.69, 9.17) is 22.1 Å². The molecule has 0 aliphatic rings. The van der Waals surface area contributed by atoms with Gasteiger partial charge in [-0.05, 0) is 278 Å². The Kier molecular flexibility index (Phi) is 17.3. The predicted molar refractivity (Wildman–Crippen MR) is 559 cm³/mol. The lowest BCUT2D eigenvalue weighted by molar-refractivity contribution is 0.633. The molecule has 0 aliphatic heterocycles. The largest absolute Gasteiger partial charge is 0.456 e. The van der Waals surface area contributed by atoms with Gasteiger partial charge in [-0.25, -0.2) is 0 Å². The number of hydrogen-bond donors (Lipinski definition) is 0. The van der Waals surface area contributed by atoms with Crippen LogP contribution in [0.1, 0.15) is 0 Å². The number of hydrogen-bond acceptors (Lipinski definition) is 5. The van der Waals surface area contributed by atoms with Crippen LogP contribution in [0.25, 0.3) is 285 Å². The molecule has 0 N–H and O–H groups in total. The third-order valence-corrected chi connectivity index (χ3v) is 27.5. The van der Waals surface area contributed by atoms with Gasteiger partial charge in [-0.1, -0.05) is 358 Å². The summed E-state index contributed by atoms with van der Waals surface area (Å²) in [6.07, 6.45) is 0. The van der Waals surface area contributed by atoms with Gasteiger partial charge in [0, 0.05) is 53.9 Å². The van der Waals surface area contributed by atoms with E-state index < -0.39 is 0 Å². The molecule has 0 atom stereocenters. The van der Waals surface area contributed by atoms with Gasteiger partial charge < -0.3 is 22.1 Å². The van der Waals surface area contributed by atoms with Crippen molar-refractivity contribution in [3.63, 3.8) is 0 Å². The highest BCUT2D eigenvalue weighted by atomic mass is 16.4. The van der Waals surface area contributed by atoms with Crippen molar-refractivity contribution in [3.8, 4) is 89.0 Å². The lowest BCUT2D eigenvalue weighted by atomic mass is 9.84. The summed E-state index contributed by atoms with van der Waals surface area (Å²) in [6.45, 7) is 0. The van der Waals surface area contributed by atoms with Crippen molar-refractivity contribution >= 4 is 196 Å². The average Bonchev–Trinajstić information content (AvgIpc) is 1.71. The first-order valence-corrected chi connectivity index (χ1v) is 45.5. The van der Waals surface area contributed by atoms with E-state index in [-0.39, 0.29) is 0 Å². The minimum Gasteiger partial charge on any atom is -0.456 e. The lowest BCUT2D eigenvalue weighted by Crippen LogP contribution is -1.92. The van der Waals surface area contributed by atoms with Crippen molar-refractivity contribution in [2.24, 2.45) is 0 Å². The Bertz CT molecular complexity index is 9620. The average molecular weight is 1690 g/mol. The summed E-state index contributed by atoms with van der Waals surface area (Å²) in [6, 6.07) is 165. The molecule has 0 amide bonds. The van der Waals surface area contributed by atoms with Crippen LogP contribution in [-0.4, -0.2) is 0 Å². The van der Waals surface area contributed by atoms with Gasteiger partial charge in [-0.15, -0.1) is 0 Å². The predicted octanol–water partition coefficient (Wildman–Crippen LogP) is 37.1. The second-order valence-electron chi connectivity index (χ2n) is 34.9. The van der Waals surface area contributed by atoms with Crippen molar-refractivity contribution in [2.45, 2.75) is 0 Å². The molecule has 5 heteroatoms. The zero-order chi connectivity index (χ0) is 87.3. The molecular formula is C128H76O5. The van der Waals surface area contributed by atoms with Gasteiger partial charge in [0.15, 0.2) is 22.3 Å². The molecule has 0 radical (unpaired) electrons. The Hall–Kier alpha value is -17.6. The van der Waals surface area contributed by atoms with Crippen molar-refractivity contribution in [3.05, 3.63) is 461 Å². The number of benzene rings is 24. The standard InChI is InChI=1S/C48H30O.C42H24O2.C38H22O2/c1-3-13-31(14-4-1)36-25-37(32-15-5-2-6-16-32)27-38(26-36)48-41-21-11-9-19-39(41)47(40-20-10-12-22-42(40)48)35-23-24-45-43(29-35)44-28-33-17-7-8-18-34(33)30-46(44)49-45;1-2-12-27-25(10-1)11-9-18-29(27)40-32-16-5-3-14-30(32)39(31-15-4-6-17-33(31)40)26-20-23-38-36(24-26)35-22-21-34-28-13-7-8-19-37(28)43-41(34)42(35)44-38;1-2-10-23(11-3-1)35-26-13-4-6-15-28(26)36(29-16-7-5-14-27(29)35)24-18-21-34-32(22-24)31-20-19-30-25-12-8-9-17-33(25)39-37(30)38(31)40-34/h1-30H;1-24H;1-22H. The van der Waals surface area contributed by atoms with Crippen LogP contribution < -0.4 is 0 Å². The molecule has 29 aromatic rings. The summed E-state index contributed by atoms with van der Waals surface area (Å²) >= 11 is 0. The highest BCUT2D eigenvalue weighted by Crippen LogP contribution is 2.52. The second kappa shape index (κ2) is 30.5. The Morgan fingerprint density at radius 2 is 0.368 bits per heavy atom. The van der Waals surface area contributed by atoms with Crippen LogP contribution >= 0.6 is 0 Å². The molecule has 0 bridgehead atoms. The molecule has 0 unspecified atom stereocenters. The van der Waals surface area contributed by atoms with Crippen LogP contribution in [0.2, 0.25) is 0 Å². The molecule has 0 saturated heterocycles. The fourth-order valence-electron chi connectivity index (χ4n) is 21.6. The normalized spacial score (nSPS) is 11.9. The maximum absolute atomic E-state index is 6.49. The minimum absolute atomic E-state index is 0.798. The third-order valence-electron chi connectivity index (χ3n) is 27.5. The van der Waals surface area contributed by atoms with Crippen molar-refractivity contribution in [2.75, 3.05) is 0 Å². The van der Waals surface area contributed by atoms with Crippen LogP contribution in [0.3, 0.4) is 0 Å². The van der Waals surface area contributed by atoms with Crippen LogP contribution in [0.5, 0.6) is 0 Å². The van der Waals surface area contributed by atoms with E-state index in [0.29, 0.717) is 0 Å². The number of rotatable bonds is 8. The molecule has 0 fully saturated rings. The van der Waals surface area contributed by atoms with Gasteiger partial charge in [-0.2, -0.15) is 0 Å². The van der Waals surface area contributed by atoms with Gasteiger partial charge in [0.25, 0.3) is 0 Å². The van der Waals surface area contributed by atoms with Gasteiger partial charge in [0.05, 0.1) is 0 Å². The highest BCUT2D eigenvalue weighted by molar-refractivity contribution is 6.29. The summed E-state index contributed by atoms with van der Waals surface area (Å²) < 4.78 is 31.9. The van der Waals surface area contributed by atoms with E-state index in [1.54, 1.807) is 0 Å². The zero-order valence-electron chi connectivity index (χ0n) is 71.9. The van der Waals surface area contributed by atoms with E-state index >= 15 is 0 Å². The van der Waals surface area contributed by atoms with Crippen LogP contribution in [0, 0.1) is 0 Å². The molecule has 5 aromatic heterocycles. The fraction of sp³-hybridized carbons (Fsp3) is 0. The van der Waals surface area contributed by atoms with Crippen molar-refractivity contribution in [1.29, 1.82) is 0 Å². The number of para-hydroxylation sites is 2. The van der Waals surface area contributed by atoms with Gasteiger partial charge in [0.2, 0.25) is 0 Å². The quantitative estimate of drug-likeness (QED) is 0.142. The van der Waals surface area contributed by atoms with E-state index in [1.165, 1.54) is 175 Å². The monoisotopic (exact) mass is 1690 g/mol. The van der Waals surface area contributed by atoms with Gasteiger partial charge >= 0.3 is 0 Å². The van der Waals surface area contributed by atoms with E-state index in [1.807, 2.05) is 36.4 Å². The van der Waals surface area contributed by atoms with Crippen LogP contribution in [0.4, 0.5) is 0 Å². The summed E-state index contributed by atoms with van der Waals surface area (Å²) in [4.78, 5) is 0. The Labute approximate surface area is 762 Å². The SMILES string of the molecule is c1ccc(-c2c3ccccc3c(-c3ccc4oc5c(ccc6c7ccccc7oc65)c4c3)c3ccccc23)cc1.c1ccc(-c2cc(-c3ccccc3)cc(-c3c4ccccc4c(-c4ccc5oc6cc7ccccc7cc6c5c4)c4ccccc34)c2)cc1.c1ccc2c(-c3c4ccccc4c(-c4ccc5oc6c(ccc7c8ccccc8oc76)c5c4)c4ccccc34)cccc2c1. The van der Waals surface area contributed by atoms with Gasteiger partial charge in [0.1, 0.15) is 33.5 Å². The Balaban J connectivity index is 0.000000102. The molecule has 5 heterocycles. The maximum Gasteiger partial charge on any atom is 0.178 e. The lowest BCUT2D eigenvalue weighted by Gasteiger charge is -2.19. The zero-order valence-corrected chi connectivity index (χ0v) is 71.9. The summed E-state index contributed by atoms with van der Waals surface area (Å²) in [5.41, 5.74) is 28.1. The fourth-order valence-corrected chi connectivity index (χ4v) is 21.6. The topological polar surface area (TPSA) is 65.7 Å². The van der Waals surface area contributed by atoms with Crippen molar-refractivity contribution < 1.29 is 22.1 Å². The van der Waals surface area contributed by atoms with Crippen LogP contribution in [0.15, 0.2) is 483 Å². The van der Waals surface area contributed by atoms with E-state index in [2.05, 4.69) is 425 Å². The maximum atomic E-state index is 6.49. The minimum atomic E-state index is 0.798. The van der Waals surface area contributed by atoms with E-state index in [0.717, 1.165) is 110 Å². The Morgan fingerprint density at radius 3 is 0.767 bits per heavy atom. The second-order valence-corrected chi connectivity index (χ2v) is 34.9. The first-order valence-electron chi connectivity index (χ1n) is 45.5. The molecule has 0 saturated carbocycles. The molecule has 29 rings (SSSR count). The molecule has 5 nitrogen and oxygen atoms in total. The summed E-state index contributed by atoms with van der Waals surface area (Å²) in [5.74, 6) is 0. The highest BCUT2D eigenvalue weighted by Gasteiger charge is 2.26. The molecule has 24 aromatic carbocycles. The first kappa shape index (κ1) is 75.5. The number of fused-ring (bicyclic) bond motifs is 25. The van der Waals surface area contributed by atoms with Crippen LogP contribution in [-0.2, 0) is 0 Å². The smallest absolute Gasteiger partial charge is 0.178 e. The van der Waals surface area contributed by atoms with Gasteiger partial charge in [-0.3, -0.25) is 0 Å². The summed E-state index contributed by atoms with van der Waals surface area (Å²) in [7, 11) is 0. The Morgan fingerprint density at radius 1 is 0.105 bits per heavy atom. The third kappa shape index (κ3) is 12.2. The molecule has 0 spiro atoms. The molecule has 133 heavy (non-hydrogen) atoms. The van der Waals surface area contributed by atoms with Crippen molar-refractivity contribution in [1.82, 2.24) is 0 Å². The first-order chi connectivity index (χ1) is 66.0. The number of furan rings is 5. The van der Waals surface area contributed by atoms with E-state index in [9.17, 15) is 0 Å². The summed E-state index contributed by atoms with van der Waals surface area (Å²) in [5, 5.41) is 30.8.